The van der Waals surface area contributed by atoms with E-state index in [1.54, 1.807) is 16.7 Å². The number of hydrogen-bond acceptors (Lipinski definition) is 8. The van der Waals surface area contributed by atoms with Crippen molar-refractivity contribution in [2.75, 3.05) is 13.1 Å². The molecule has 0 aromatic heterocycles. The summed E-state index contributed by atoms with van der Waals surface area (Å²) < 4.78 is 0. The second-order valence-electron chi connectivity index (χ2n) is 24.5. The van der Waals surface area contributed by atoms with Gasteiger partial charge in [0.1, 0.15) is 23.9 Å². The van der Waals surface area contributed by atoms with Crippen molar-refractivity contribution in [1.29, 1.82) is 0 Å². The van der Waals surface area contributed by atoms with Gasteiger partial charge in [-0.1, -0.05) is 127 Å². The van der Waals surface area contributed by atoms with Gasteiger partial charge in [0, 0.05) is 56.3 Å². The second-order valence-corrected chi connectivity index (χ2v) is 24.5. The molecule has 5 N–H and O–H groups in total. The van der Waals surface area contributed by atoms with Crippen LogP contribution in [0.25, 0.3) is 0 Å². The summed E-state index contributed by atoms with van der Waals surface area (Å²) >= 11 is 0. The van der Waals surface area contributed by atoms with Gasteiger partial charge in [0.15, 0.2) is 0 Å². The van der Waals surface area contributed by atoms with E-state index in [-0.39, 0.29) is 103 Å². The van der Waals surface area contributed by atoms with Crippen LogP contribution < -0.4 is 26.6 Å². The first-order valence-electron chi connectivity index (χ1n) is 31.0. The molecule has 8 rings (SSSR count). The number of nitrogens with one attached hydrogen (secondary N) is 5. The number of likely N-dealkylation sites (tertiary alicyclic amines) is 2. The minimum absolute atomic E-state index is 0.0140. The van der Waals surface area contributed by atoms with Gasteiger partial charge in [0.05, 0.1) is 12.1 Å². The zero-order chi connectivity index (χ0) is 55.8. The first-order chi connectivity index (χ1) is 38.3. The maximum absolute atomic E-state index is 14.8. The van der Waals surface area contributed by atoms with Crippen molar-refractivity contribution < 1.29 is 38.4 Å². The minimum Gasteiger partial charge on any atom is -0.351 e. The van der Waals surface area contributed by atoms with Crippen molar-refractivity contribution in [2.24, 2.45) is 23.7 Å². The molecule has 4 aliphatic carbocycles. The summed E-state index contributed by atoms with van der Waals surface area (Å²) in [6.07, 6.45) is 22.2. The van der Waals surface area contributed by atoms with Crippen molar-refractivity contribution in [3.8, 4) is 0 Å². The van der Waals surface area contributed by atoms with Crippen molar-refractivity contribution >= 4 is 47.1 Å². The van der Waals surface area contributed by atoms with Gasteiger partial charge in [-0.05, 0) is 137 Å². The Morgan fingerprint density at radius 3 is 1.48 bits per heavy atom. The van der Waals surface area contributed by atoms with E-state index in [0.717, 1.165) is 140 Å². The molecule has 4 fully saturated rings. The third kappa shape index (κ3) is 16.1. The molecule has 7 amide bonds. The first-order valence-corrected chi connectivity index (χ1v) is 31.0. The van der Waals surface area contributed by atoms with Crippen LogP contribution in [0.2, 0.25) is 0 Å². The van der Waals surface area contributed by atoms with E-state index >= 15 is 0 Å². The van der Waals surface area contributed by atoms with E-state index in [2.05, 4.69) is 50.8 Å². The van der Waals surface area contributed by atoms with Gasteiger partial charge in [0.2, 0.25) is 41.4 Å². The lowest BCUT2D eigenvalue weighted by Crippen LogP contribution is -2.57. The van der Waals surface area contributed by atoms with Crippen LogP contribution in [-0.4, -0.2) is 100 Å². The van der Waals surface area contributed by atoms with Gasteiger partial charge in [-0.2, -0.15) is 0 Å². The summed E-state index contributed by atoms with van der Waals surface area (Å²) in [7, 11) is 0. The van der Waals surface area contributed by atoms with Crippen molar-refractivity contribution in [2.45, 2.75) is 243 Å². The normalized spacial score (nSPS) is 24.5. The Bertz CT molecular complexity index is 2430. The van der Waals surface area contributed by atoms with E-state index < -0.39 is 30.1 Å². The Balaban J connectivity index is 0.800. The molecular formula is C64H93N7O8. The fraction of sp³-hybridized carbons (Fsp3) is 0.688. The standard InChI is InChI=1S/C64H93N7O8/c1-4-42(2)60(75)69-59(47-27-13-10-14-28-47)64(79)71-41-49(39-56(71)62(77)68-54-34-22-30-45-26-18-20-32-51(45)54)66-58(74)36-16-8-6-5-7-15-35-57(73)65-48-38-55(61(76)67-53-33-21-29-44-25-17-19-31-50(44)53)70(40-48)63(78)52(37-43(3)72)46-23-11-9-12-24-46/h17-20,25-26,31-32,42,46-49,52-56,59H,4-16,21-24,27-30,33-41H2,1-3H3,(H,65,73)(H,66,74)(H,67,76)(H,68,77)(H,69,75)/t42-,48+,49+,52+,53-,54-,55+,56+,59+/m1/s1. The van der Waals surface area contributed by atoms with Crippen molar-refractivity contribution in [3.63, 3.8) is 0 Å². The molecule has 2 aliphatic heterocycles. The first kappa shape index (κ1) is 59.5. The number of nitrogens with zero attached hydrogens (tertiary/aromatic N) is 2. The third-order valence-corrected chi connectivity index (χ3v) is 18.7. The Kier molecular flexibility index (Phi) is 22.0. The number of amides is 7. The van der Waals surface area contributed by atoms with Crippen LogP contribution in [0.4, 0.5) is 0 Å². The molecule has 2 heterocycles. The fourth-order valence-corrected chi connectivity index (χ4v) is 14.1. The van der Waals surface area contributed by atoms with Crippen LogP contribution in [0, 0.1) is 23.7 Å². The topological polar surface area (TPSA) is 203 Å². The molecule has 2 aromatic rings. The molecule has 2 aromatic carbocycles. The van der Waals surface area contributed by atoms with Crippen molar-refractivity contribution in [3.05, 3.63) is 70.8 Å². The van der Waals surface area contributed by atoms with Gasteiger partial charge >= 0.3 is 0 Å². The molecule has 2 saturated carbocycles. The number of Topliss-reactive ketones (excluding diaryl/α,β-unsaturated/α-hetero) is 1. The lowest BCUT2D eigenvalue weighted by Gasteiger charge is -2.35. The molecule has 0 radical (unpaired) electrons. The Morgan fingerprint density at radius 1 is 0.544 bits per heavy atom. The number of unbranched alkanes of at least 4 members (excludes halogenated alkanes) is 5. The second kappa shape index (κ2) is 29.2. The van der Waals surface area contributed by atoms with Gasteiger partial charge in [0.25, 0.3) is 0 Å². The largest absolute Gasteiger partial charge is 0.351 e. The third-order valence-electron chi connectivity index (χ3n) is 18.7. The van der Waals surface area contributed by atoms with Gasteiger partial charge in [-0.3, -0.25) is 33.6 Å². The zero-order valence-corrected chi connectivity index (χ0v) is 47.8. The van der Waals surface area contributed by atoms with E-state index in [1.165, 1.54) is 11.1 Å². The number of benzene rings is 2. The Morgan fingerprint density at radius 2 is 1.00 bits per heavy atom. The molecule has 9 atom stereocenters. The summed E-state index contributed by atoms with van der Waals surface area (Å²) in [5.74, 6) is -1.82. The molecular weight excluding hydrogens is 995 g/mol. The number of aryl methyl sites for hydroxylation is 2. The molecule has 79 heavy (non-hydrogen) atoms. The number of carbonyl (C=O) groups excluding carboxylic acids is 8. The lowest BCUT2D eigenvalue weighted by atomic mass is 9.77. The average Bonchev–Trinajstić information content (AvgIpc) is 4.19. The van der Waals surface area contributed by atoms with Crippen molar-refractivity contribution in [1.82, 2.24) is 36.4 Å². The SMILES string of the molecule is CC[C@@H](C)C(=O)N[C@H](C(=O)N1C[C@@H](NC(=O)CCCCCCCCC(=O)N[C@H]2C[C@@H](C(=O)N[C@@H]3CCCc4ccccc43)N(C(=O)[C@@H](CC(C)=O)C3CCCCC3)C2)C[C@H]1C(=O)N[C@@H]1CCCc2ccccc21)C1CCCCC1. The monoisotopic (exact) mass is 1090 g/mol. The number of rotatable bonds is 24. The zero-order valence-electron chi connectivity index (χ0n) is 47.8. The lowest BCUT2D eigenvalue weighted by molar-refractivity contribution is -0.145. The maximum atomic E-state index is 14.8. The smallest absolute Gasteiger partial charge is 0.246 e. The highest BCUT2D eigenvalue weighted by atomic mass is 16.2. The highest BCUT2D eigenvalue weighted by Gasteiger charge is 2.47. The van der Waals surface area contributed by atoms with Crippen LogP contribution in [0.1, 0.15) is 222 Å². The van der Waals surface area contributed by atoms with Gasteiger partial charge in [-0.15, -0.1) is 0 Å². The summed E-state index contributed by atoms with van der Waals surface area (Å²) in [5.41, 5.74) is 4.69. The molecule has 0 spiro atoms. The summed E-state index contributed by atoms with van der Waals surface area (Å²) in [6, 6.07) is 13.1. The number of hydrogen-bond donors (Lipinski definition) is 5. The summed E-state index contributed by atoms with van der Waals surface area (Å²) in [5, 5.41) is 16.1. The summed E-state index contributed by atoms with van der Waals surface area (Å²) in [6.45, 7) is 5.81. The average molecular weight is 1090 g/mol. The van der Waals surface area contributed by atoms with Crippen LogP contribution in [0.3, 0.4) is 0 Å². The predicted molar refractivity (Wildman–Crippen MR) is 305 cm³/mol. The van der Waals surface area contributed by atoms with Gasteiger partial charge in [-0.25, -0.2) is 0 Å². The minimum atomic E-state index is -0.784. The predicted octanol–water partition coefficient (Wildman–Crippen LogP) is 8.95. The number of carbonyl (C=O) groups is 8. The van der Waals surface area contributed by atoms with Crippen LogP contribution in [0.5, 0.6) is 0 Å². The highest BCUT2D eigenvalue weighted by molar-refractivity contribution is 5.94. The molecule has 432 valence electrons. The van der Waals surface area contributed by atoms with E-state index in [9.17, 15) is 38.4 Å². The molecule has 0 unspecified atom stereocenters. The molecule has 15 nitrogen and oxygen atoms in total. The van der Waals surface area contributed by atoms with E-state index in [0.29, 0.717) is 44.9 Å². The quantitative estimate of drug-likeness (QED) is 0.0641. The Labute approximate surface area is 470 Å². The van der Waals surface area contributed by atoms with E-state index in [1.807, 2.05) is 38.1 Å². The maximum Gasteiger partial charge on any atom is 0.246 e. The molecule has 6 aliphatic rings. The number of fused-ring (bicyclic) bond motifs is 2. The number of ketones is 1. The summed E-state index contributed by atoms with van der Waals surface area (Å²) in [4.78, 5) is 114. The molecule has 15 heteroatoms. The van der Waals surface area contributed by atoms with Gasteiger partial charge < -0.3 is 41.2 Å². The van der Waals surface area contributed by atoms with Crippen LogP contribution >= 0.6 is 0 Å². The molecule has 0 bridgehead atoms. The fourth-order valence-electron chi connectivity index (χ4n) is 14.1. The Hall–Kier alpha value is -5.60. The molecule has 2 saturated heterocycles. The van der Waals surface area contributed by atoms with Crippen LogP contribution in [0.15, 0.2) is 48.5 Å². The van der Waals surface area contributed by atoms with Crippen LogP contribution in [-0.2, 0) is 51.2 Å². The highest BCUT2D eigenvalue weighted by Crippen LogP contribution is 2.37. The van der Waals surface area contributed by atoms with E-state index in [4.69, 9.17) is 0 Å².